The molecular formula is C12H12O3. The van der Waals surface area contributed by atoms with Gasteiger partial charge >= 0.3 is 5.63 Å². The van der Waals surface area contributed by atoms with Crippen molar-refractivity contribution in [1.82, 2.24) is 0 Å². The van der Waals surface area contributed by atoms with E-state index in [1.807, 2.05) is 12.1 Å². The molecule has 0 saturated carbocycles. The van der Waals surface area contributed by atoms with Crippen LogP contribution in [0.2, 0.25) is 0 Å². The summed E-state index contributed by atoms with van der Waals surface area (Å²) in [4.78, 5) is 11.5. The van der Waals surface area contributed by atoms with Crippen LogP contribution in [-0.4, -0.2) is 11.2 Å². The van der Waals surface area contributed by atoms with Crippen LogP contribution < -0.4 is 5.63 Å². The Bertz CT molecular complexity index is 526. The first-order chi connectivity index (χ1) is 7.16. The van der Waals surface area contributed by atoms with Gasteiger partial charge in [-0.15, -0.1) is 0 Å². The molecule has 3 nitrogen and oxygen atoms in total. The van der Waals surface area contributed by atoms with Gasteiger partial charge in [0.05, 0.1) is 11.5 Å². The SMILES string of the molecule is C[C@H](O)Cc1cc2ccccc2c(=O)o1. The van der Waals surface area contributed by atoms with Crippen LogP contribution in [-0.2, 0) is 6.42 Å². The molecule has 0 saturated heterocycles. The molecule has 15 heavy (non-hydrogen) atoms. The highest BCUT2D eigenvalue weighted by atomic mass is 16.4. The molecular weight excluding hydrogens is 192 g/mol. The van der Waals surface area contributed by atoms with Crippen molar-refractivity contribution in [3.05, 3.63) is 46.5 Å². The maximum absolute atomic E-state index is 11.5. The topological polar surface area (TPSA) is 50.4 Å². The molecule has 3 heteroatoms. The van der Waals surface area contributed by atoms with E-state index in [4.69, 9.17) is 4.42 Å². The third-order valence-corrected chi connectivity index (χ3v) is 2.22. The number of hydrogen-bond acceptors (Lipinski definition) is 3. The Labute approximate surface area is 87.0 Å². The Morgan fingerprint density at radius 3 is 2.87 bits per heavy atom. The minimum atomic E-state index is -0.505. The first kappa shape index (κ1) is 9.93. The lowest BCUT2D eigenvalue weighted by atomic mass is 10.1. The number of fused-ring (bicyclic) bond motifs is 1. The van der Waals surface area contributed by atoms with E-state index in [9.17, 15) is 9.90 Å². The molecule has 1 heterocycles. The van der Waals surface area contributed by atoms with E-state index in [1.54, 1.807) is 25.1 Å². The van der Waals surface area contributed by atoms with Gasteiger partial charge in [0.15, 0.2) is 0 Å². The first-order valence-corrected chi connectivity index (χ1v) is 4.86. The summed E-state index contributed by atoms with van der Waals surface area (Å²) in [5.74, 6) is 0.522. The molecule has 0 radical (unpaired) electrons. The molecule has 0 aliphatic rings. The quantitative estimate of drug-likeness (QED) is 0.810. The molecule has 0 spiro atoms. The van der Waals surface area contributed by atoms with E-state index in [1.165, 1.54) is 0 Å². The normalized spacial score (nSPS) is 12.9. The zero-order chi connectivity index (χ0) is 10.8. The summed E-state index contributed by atoms with van der Waals surface area (Å²) < 4.78 is 5.09. The highest BCUT2D eigenvalue weighted by Gasteiger charge is 2.05. The van der Waals surface area contributed by atoms with Gasteiger partial charge in [-0.25, -0.2) is 4.79 Å². The van der Waals surface area contributed by atoms with Gasteiger partial charge in [0, 0.05) is 6.42 Å². The number of hydrogen-bond donors (Lipinski definition) is 1. The van der Waals surface area contributed by atoms with Gasteiger partial charge in [0.1, 0.15) is 5.76 Å². The Hall–Kier alpha value is -1.61. The molecule has 1 atom stereocenters. The minimum absolute atomic E-state index is 0.344. The smallest absolute Gasteiger partial charge is 0.343 e. The van der Waals surface area contributed by atoms with Gasteiger partial charge < -0.3 is 9.52 Å². The number of rotatable bonds is 2. The monoisotopic (exact) mass is 204 g/mol. The van der Waals surface area contributed by atoms with Gasteiger partial charge in [0.25, 0.3) is 0 Å². The highest BCUT2D eigenvalue weighted by molar-refractivity contribution is 5.81. The molecule has 0 aliphatic carbocycles. The van der Waals surface area contributed by atoms with Gasteiger partial charge in [0.2, 0.25) is 0 Å². The fraction of sp³-hybridized carbons (Fsp3) is 0.250. The second-order valence-electron chi connectivity index (χ2n) is 3.64. The van der Waals surface area contributed by atoms with Crippen molar-refractivity contribution in [3.63, 3.8) is 0 Å². The van der Waals surface area contributed by atoms with Crippen molar-refractivity contribution >= 4 is 10.8 Å². The molecule has 1 aromatic carbocycles. The zero-order valence-corrected chi connectivity index (χ0v) is 8.43. The van der Waals surface area contributed by atoms with Crippen LogP contribution >= 0.6 is 0 Å². The van der Waals surface area contributed by atoms with Crippen LogP contribution in [0.25, 0.3) is 10.8 Å². The molecule has 0 bridgehead atoms. The summed E-state index contributed by atoms with van der Waals surface area (Å²) in [6.07, 6.45) is -0.144. The number of aliphatic hydroxyl groups is 1. The van der Waals surface area contributed by atoms with E-state index in [2.05, 4.69) is 0 Å². The van der Waals surface area contributed by atoms with E-state index in [0.29, 0.717) is 17.6 Å². The maximum Gasteiger partial charge on any atom is 0.343 e. The number of aliphatic hydroxyl groups excluding tert-OH is 1. The Balaban J connectivity index is 2.57. The van der Waals surface area contributed by atoms with E-state index in [0.717, 1.165) is 5.39 Å². The van der Waals surface area contributed by atoms with Crippen molar-refractivity contribution in [1.29, 1.82) is 0 Å². The van der Waals surface area contributed by atoms with E-state index in [-0.39, 0.29) is 5.63 Å². The lowest BCUT2D eigenvalue weighted by molar-refractivity contribution is 0.186. The van der Waals surface area contributed by atoms with Crippen LogP contribution in [0.1, 0.15) is 12.7 Å². The van der Waals surface area contributed by atoms with Crippen molar-refractivity contribution in [2.75, 3.05) is 0 Å². The summed E-state index contributed by atoms with van der Waals surface area (Å²) in [6, 6.07) is 9.05. The maximum atomic E-state index is 11.5. The second-order valence-corrected chi connectivity index (χ2v) is 3.64. The van der Waals surface area contributed by atoms with Crippen LogP contribution in [0.3, 0.4) is 0 Å². The third kappa shape index (κ3) is 2.07. The fourth-order valence-electron chi connectivity index (χ4n) is 1.58. The molecule has 2 aromatic rings. The summed E-state index contributed by atoms with van der Waals surface area (Å²) in [7, 11) is 0. The van der Waals surface area contributed by atoms with E-state index < -0.39 is 6.10 Å². The van der Waals surface area contributed by atoms with Crippen LogP contribution in [0.4, 0.5) is 0 Å². The molecule has 0 unspecified atom stereocenters. The molecule has 1 aromatic heterocycles. The zero-order valence-electron chi connectivity index (χ0n) is 8.43. The van der Waals surface area contributed by atoms with Gasteiger partial charge in [-0.05, 0) is 24.4 Å². The first-order valence-electron chi connectivity index (χ1n) is 4.86. The minimum Gasteiger partial charge on any atom is -0.427 e. The summed E-state index contributed by atoms with van der Waals surface area (Å²) >= 11 is 0. The molecule has 0 aliphatic heterocycles. The Kier molecular flexibility index (Phi) is 2.56. The van der Waals surface area contributed by atoms with Crippen molar-refractivity contribution in [3.8, 4) is 0 Å². The van der Waals surface area contributed by atoms with Gasteiger partial charge in [-0.2, -0.15) is 0 Å². The van der Waals surface area contributed by atoms with Gasteiger partial charge in [-0.1, -0.05) is 18.2 Å². The van der Waals surface area contributed by atoms with Crippen molar-refractivity contribution in [2.45, 2.75) is 19.4 Å². The molecule has 2 rings (SSSR count). The Morgan fingerprint density at radius 2 is 2.13 bits per heavy atom. The summed E-state index contributed by atoms with van der Waals surface area (Å²) in [5, 5.41) is 10.6. The average Bonchev–Trinajstić information content (AvgIpc) is 2.16. The van der Waals surface area contributed by atoms with Crippen LogP contribution in [0.15, 0.2) is 39.5 Å². The number of benzene rings is 1. The lowest BCUT2D eigenvalue weighted by Crippen LogP contribution is -2.08. The van der Waals surface area contributed by atoms with Crippen LogP contribution in [0, 0.1) is 0 Å². The second kappa shape index (κ2) is 3.87. The molecule has 0 amide bonds. The van der Waals surface area contributed by atoms with Gasteiger partial charge in [-0.3, -0.25) is 0 Å². The summed E-state index contributed by atoms with van der Waals surface area (Å²) in [6.45, 7) is 1.66. The molecule has 0 fully saturated rings. The predicted octanol–water partition coefficient (Wildman–Crippen LogP) is 1.72. The standard InChI is InChI=1S/C12H12O3/c1-8(13)6-10-7-9-4-2-3-5-11(9)12(14)15-10/h2-5,7-8,13H,6H2,1H3/t8-/m0/s1. The molecule has 78 valence electrons. The Morgan fingerprint density at radius 1 is 1.40 bits per heavy atom. The van der Waals surface area contributed by atoms with E-state index >= 15 is 0 Å². The highest BCUT2D eigenvalue weighted by Crippen LogP contribution is 2.12. The van der Waals surface area contributed by atoms with Crippen LogP contribution in [0.5, 0.6) is 0 Å². The fourth-order valence-corrected chi connectivity index (χ4v) is 1.58. The largest absolute Gasteiger partial charge is 0.427 e. The third-order valence-electron chi connectivity index (χ3n) is 2.22. The average molecular weight is 204 g/mol. The lowest BCUT2D eigenvalue weighted by Gasteiger charge is -2.03. The van der Waals surface area contributed by atoms with Crippen molar-refractivity contribution in [2.24, 2.45) is 0 Å². The summed E-state index contributed by atoms with van der Waals surface area (Å²) in [5.41, 5.74) is -0.344. The predicted molar refractivity (Wildman–Crippen MR) is 57.9 cm³/mol. The van der Waals surface area contributed by atoms with Crippen molar-refractivity contribution < 1.29 is 9.52 Å². The molecule has 1 N–H and O–H groups in total.